The quantitative estimate of drug-likeness (QED) is 0.633. The predicted octanol–water partition coefficient (Wildman–Crippen LogP) is 5.50. The Bertz CT molecular complexity index is 633. The van der Waals surface area contributed by atoms with Crippen molar-refractivity contribution in [3.8, 4) is 0 Å². The fraction of sp³-hybridized carbons (Fsp3) is 0.400. The maximum absolute atomic E-state index is 4.12. The first-order valence-corrected chi connectivity index (χ1v) is 8.96. The van der Waals surface area contributed by atoms with E-state index in [0.717, 1.165) is 0 Å². The van der Waals surface area contributed by atoms with Crippen molar-refractivity contribution in [1.82, 2.24) is 0 Å². The molecule has 0 amide bonds. The normalized spacial score (nSPS) is 30.7. The minimum absolute atomic E-state index is 0.401. The van der Waals surface area contributed by atoms with Gasteiger partial charge in [-0.3, -0.25) is 0 Å². The number of fused-ring (bicyclic) bond motifs is 4. The van der Waals surface area contributed by atoms with E-state index in [9.17, 15) is 0 Å². The highest BCUT2D eigenvalue weighted by molar-refractivity contribution is 9.09. The molecule has 0 N–H and O–H groups in total. The maximum Gasteiger partial charge on any atom is 0.0277 e. The standard InChI is InChI=1S/C20H21Br/c21-19-18-11-6-12-20(19,13-15-7-2-1-3-8-15)14-16-9-4-5-10-17(16)18/h1-5,7-10,18-19H,6,11-14H2. The summed E-state index contributed by atoms with van der Waals surface area (Å²) in [5, 5.41) is 0. The predicted molar refractivity (Wildman–Crippen MR) is 92.0 cm³/mol. The molecule has 0 aromatic heterocycles. The summed E-state index contributed by atoms with van der Waals surface area (Å²) in [6.07, 6.45) is 6.49. The van der Waals surface area contributed by atoms with Crippen LogP contribution in [-0.4, -0.2) is 4.83 Å². The van der Waals surface area contributed by atoms with Crippen LogP contribution in [0.4, 0.5) is 0 Å². The van der Waals surface area contributed by atoms with E-state index in [0.29, 0.717) is 16.2 Å². The molecule has 2 aliphatic carbocycles. The summed E-state index contributed by atoms with van der Waals surface area (Å²) in [6.45, 7) is 0. The zero-order chi connectivity index (χ0) is 14.3. The molecule has 2 aliphatic rings. The molecule has 4 rings (SSSR count). The summed E-state index contributed by atoms with van der Waals surface area (Å²) >= 11 is 4.12. The molecule has 3 unspecified atom stereocenters. The van der Waals surface area contributed by atoms with Crippen molar-refractivity contribution in [2.45, 2.75) is 42.8 Å². The molecule has 0 heterocycles. The van der Waals surface area contributed by atoms with Crippen molar-refractivity contribution >= 4 is 15.9 Å². The van der Waals surface area contributed by atoms with E-state index in [4.69, 9.17) is 0 Å². The molecule has 1 heteroatoms. The molecular formula is C20H21Br. The molecule has 21 heavy (non-hydrogen) atoms. The van der Waals surface area contributed by atoms with Gasteiger partial charge in [-0.15, -0.1) is 0 Å². The third kappa shape index (κ3) is 2.26. The molecule has 0 saturated heterocycles. The highest BCUT2D eigenvalue weighted by Crippen LogP contribution is 2.55. The minimum atomic E-state index is 0.401. The molecule has 0 spiro atoms. The van der Waals surface area contributed by atoms with Gasteiger partial charge >= 0.3 is 0 Å². The second-order valence-electron chi connectivity index (χ2n) is 6.80. The molecule has 1 saturated carbocycles. The van der Waals surface area contributed by atoms with E-state index in [-0.39, 0.29) is 0 Å². The lowest BCUT2D eigenvalue weighted by Gasteiger charge is -2.50. The Morgan fingerprint density at radius 2 is 1.76 bits per heavy atom. The van der Waals surface area contributed by atoms with Gasteiger partial charge in [-0.2, -0.15) is 0 Å². The van der Waals surface area contributed by atoms with Gasteiger partial charge < -0.3 is 0 Å². The largest absolute Gasteiger partial charge is 0.0878 e. The smallest absolute Gasteiger partial charge is 0.0277 e. The number of benzene rings is 2. The number of rotatable bonds is 2. The van der Waals surface area contributed by atoms with Crippen LogP contribution in [0.3, 0.4) is 0 Å². The van der Waals surface area contributed by atoms with E-state index >= 15 is 0 Å². The van der Waals surface area contributed by atoms with E-state index in [1.54, 1.807) is 11.1 Å². The van der Waals surface area contributed by atoms with Crippen molar-refractivity contribution in [3.63, 3.8) is 0 Å². The van der Waals surface area contributed by atoms with E-state index in [1.807, 2.05) is 0 Å². The van der Waals surface area contributed by atoms with Crippen LogP contribution in [0.25, 0.3) is 0 Å². The molecule has 2 bridgehead atoms. The molecule has 1 fully saturated rings. The van der Waals surface area contributed by atoms with Gasteiger partial charge in [0.05, 0.1) is 0 Å². The SMILES string of the molecule is BrC1C2CCCC1(Cc1ccccc1)Cc1ccccc12. The van der Waals surface area contributed by atoms with E-state index in [2.05, 4.69) is 70.5 Å². The van der Waals surface area contributed by atoms with Crippen LogP contribution in [0.15, 0.2) is 54.6 Å². The summed E-state index contributed by atoms with van der Waals surface area (Å²) in [6, 6.07) is 20.2. The average Bonchev–Trinajstić information content (AvgIpc) is 2.50. The minimum Gasteiger partial charge on any atom is -0.0878 e. The second-order valence-corrected chi connectivity index (χ2v) is 7.79. The van der Waals surface area contributed by atoms with Crippen molar-refractivity contribution < 1.29 is 0 Å². The molecule has 3 atom stereocenters. The highest BCUT2D eigenvalue weighted by atomic mass is 79.9. The van der Waals surface area contributed by atoms with Gasteiger partial charge in [-0.1, -0.05) is 76.9 Å². The van der Waals surface area contributed by atoms with Crippen molar-refractivity contribution in [3.05, 3.63) is 71.3 Å². The van der Waals surface area contributed by atoms with Gasteiger partial charge in [0.2, 0.25) is 0 Å². The number of hydrogen-bond acceptors (Lipinski definition) is 0. The van der Waals surface area contributed by atoms with Gasteiger partial charge in [-0.05, 0) is 53.7 Å². The van der Waals surface area contributed by atoms with Crippen molar-refractivity contribution in [1.29, 1.82) is 0 Å². The van der Waals surface area contributed by atoms with Gasteiger partial charge in [0, 0.05) is 4.83 Å². The Hall–Kier alpha value is -1.08. The van der Waals surface area contributed by atoms with E-state index in [1.165, 1.54) is 37.7 Å². The monoisotopic (exact) mass is 340 g/mol. The number of halogens is 1. The molecule has 2 aromatic carbocycles. The molecule has 0 aliphatic heterocycles. The molecule has 108 valence electrons. The first kappa shape index (κ1) is 13.6. The third-order valence-corrected chi connectivity index (χ3v) is 7.13. The number of alkyl halides is 1. The molecule has 0 nitrogen and oxygen atoms in total. The summed E-state index contributed by atoms with van der Waals surface area (Å²) in [5.74, 6) is 0.701. The summed E-state index contributed by atoms with van der Waals surface area (Å²) in [7, 11) is 0. The van der Waals surface area contributed by atoms with Crippen LogP contribution < -0.4 is 0 Å². The van der Waals surface area contributed by atoms with Crippen LogP contribution in [0.1, 0.15) is 41.9 Å². The molecular weight excluding hydrogens is 320 g/mol. The lowest BCUT2D eigenvalue weighted by Crippen LogP contribution is -2.46. The first-order chi connectivity index (χ1) is 10.3. The third-order valence-electron chi connectivity index (χ3n) is 5.52. The second kappa shape index (κ2) is 5.28. The van der Waals surface area contributed by atoms with Crippen LogP contribution in [-0.2, 0) is 12.8 Å². The zero-order valence-corrected chi connectivity index (χ0v) is 13.9. The van der Waals surface area contributed by atoms with Crippen LogP contribution in [0.2, 0.25) is 0 Å². The van der Waals surface area contributed by atoms with Crippen molar-refractivity contribution in [2.24, 2.45) is 5.41 Å². The van der Waals surface area contributed by atoms with Gasteiger partial charge in [0.25, 0.3) is 0 Å². The molecule has 0 radical (unpaired) electrons. The fourth-order valence-corrected chi connectivity index (χ4v) is 5.67. The maximum atomic E-state index is 4.12. The topological polar surface area (TPSA) is 0 Å². The first-order valence-electron chi connectivity index (χ1n) is 8.04. The Balaban J connectivity index is 1.75. The summed E-state index contributed by atoms with van der Waals surface area (Å²) in [4.78, 5) is 0.619. The van der Waals surface area contributed by atoms with Gasteiger partial charge in [0.1, 0.15) is 0 Å². The molecule has 2 aromatic rings. The van der Waals surface area contributed by atoms with Crippen molar-refractivity contribution in [2.75, 3.05) is 0 Å². The van der Waals surface area contributed by atoms with E-state index < -0.39 is 0 Å². The summed E-state index contributed by atoms with van der Waals surface area (Å²) in [5.41, 5.74) is 5.08. The average molecular weight is 341 g/mol. The Kier molecular flexibility index (Phi) is 3.41. The van der Waals surface area contributed by atoms with Crippen LogP contribution in [0.5, 0.6) is 0 Å². The van der Waals surface area contributed by atoms with Gasteiger partial charge in [-0.25, -0.2) is 0 Å². The fourth-order valence-electron chi connectivity index (χ4n) is 4.57. The zero-order valence-electron chi connectivity index (χ0n) is 12.3. The van der Waals surface area contributed by atoms with Gasteiger partial charge in [0.15, 0.2) is 0 Å². The van der Waals surface area contributed by atoms with Crippen LogP contribution in [0, 0.1) is 5.41 Å². The lowest BCUT2D eigenvalue weighted by atomic mass is 9.58. The Morgan fingerprint density at radius 3 is 2.62 bits per heavy atom. The lowest BCUT2D eigenvalue weighted by molar-refractivity contribution is 0.166. The highest BCUT2D eigenvalue weighted by Gasteiger charge is 2.48. The van der Waals surface area contributed by atoms with Crippen LogP contribution >= 0.6 is 15.9 Å². The summed E-state index contributed by atoms with van der Waals surface area (Å²) < 4.78 is 0. The number of hydrogen-bond donors (Lipinski definition) is 0. The Morgan fingerprint density at radius 1 is 1.00 bits per heavy atom. The Labute approximate surface area is 135 Å².